The van der Waals surface area contributed by atoms with Crippen LogP contribution >= 0.6 is 0 Å². The molecule has 3 nitrogen and oxygen atoms in total. The molecule has 0 saturated heterocycles. The van der Waals surface area contributed by atoms with Crippen LogP contribution in [0.2, 0.25) is 0 Å². The monoisotopic (exact) mass is 343 g/mol. The number of ether oxygens (including phenoxy) is 2. The Morgan fingerprint density at radius 3 is 2.05 bits per heavy atom. The number of methoxy groups -OCH3 is 2. The molecule has 0 aliphatic rings. The molecule has 1 aromatic carbocycles. The van der Waals surface area contributed by atoms with Gasteiger partial charge in [0.05, 0.1) is 0 Å². The van der Waals surface area contributed by atoms with E-state index in [4.69, 9.17) is 9.47 Å². The predicted molar refractivity (Wildman–Crippen MR) is 68.6 cm³/mol. The minimum absolute atomic E-state index is 0.0956. The van der Waals surface area contributed by atoms with Crippen LogP contribution < -0.4 is 19.3 Å². The maximum atomic E-state index is 12.6. The summed E-state index contributed by atoms with van der Waals surface area (Å²) in [7, 11) is 4.55. The zero-order valence-electron chi connectivity index (χ0n) is 10.9. The molecule has 0 radical (unpaired) electrons. The second-order valence-corrected chi connectivity index (χ2v) is 5.99. The van der Waals surface area contributed by atoms with Crippen LogP contribution in [-0.4, -0.2) is 47.8 Å². The van der Waals surface area contributed by atoms with Crippen molar-refractivity contribution >= 4 is 19.4 Å². The Balaban J connectivity index is 3.14. The summed E-state index contributed by atoms with van der Waals surface area (Å²) in [5, 5.41) is -1.25. The maximum absolute atomic E-state index is 12.6. The van der Waals surface area contributed by atoms with E-state index in [1.54, 1.807) is 12.1 Å². The van der Waals surface area contributed by atoms with Crippen molar-refractivity contribution in [2.75, 3.05) is 27.8 Å². The van der Waals surface area contributed by atoms with Gasteiger partial charge in [-0.05, 0) is 0 Å². The summed E-state index contributed by atoms with van der Waals surface area (Å²) >= 11 is -1.69. The second-order valence-electron chi connectivity index (χ2n) is 3.73. The average molecular weight is 342 g/mol. The molecule has 1 aromatic rings. The molecule has 0 amide bonds. The summed E-state index contributed by atoms with van der Waals surface area (Å²) in [5.41, 5.74) is 0.879. The Morgan fingerprint density at radius 2 is 1.68 bits per heavy atom. The SMILES string of the molecule is CNCCc1cc(OC)c([Se]C(F)(F)F)c(OC)c1. The van der Waals surface area contributed by atoms with Crippen LogP contribution in [0.4, 0.5) is 13.2 Å². The molecule has 0 aromatic heterocycles. The van der Waals surface area contributed by atoms with Crippen molar-refractivity contribution in [2.45, 2.75) is 11.5 Å². The fourth-order valence-corrected chi connectivity index (χ4v) is 3.07. The van der Waals surface area contributed by atoms with Gasteiger partial charge in [0.1, 0.15) is 0 Å². The number of hydrogen-bond acceptors (Lipinski definition) is 3. The van der Waals surface area contributed by atoms with Gasteiger partial charge in [-0.2, -0.15) is 0 Å². The molecule has 0 heterocycles. The van der Waals surface area contributed by atoms with E-state index < -0.39 is 20.0 Å². The Labute approximate surface area is 116 Å². The molecule has 7 heteroatoms. The summed E-state index contributed by atoms with van der Waals surface area (Å²) < 4.78 is 48.0. The molecule has 0 aliphatic carbocycles. The Morgan fingerprint density at radius 1 is 1.16 bits per heavy atom. The van der Waals surface area contributed by atoms with E-state index in [0.717, 1.165) is 12.1 Å². The molecule has 0 atom stereocenters. The van der Waals surface area contributed by atoms with Crippen molar-refractivity contribution in [3.8, 4) is 11.5 Å². The van der Waals surface area contributed by atoms with Crippen LogP contribution in [0.25, 0.3) is 0 Å². The van der Waals surface area contributed by atoms with Gasteiger partial charge in [-0.25, -0.2) is 0 Å². The van der Waals surface area contributed by atoms with E-state index in [-0.39, 0.29) is 16.0 Å². The molecule has 108 valence electrons. The molecule has 0 saturated carbocycles. The first-order valence-electron chi connectivity index (χ1n) is 5.56. The van der Waals surface area contributed by atoms with Crippen molar-refractivity contribution in [2.24, 2.45) is 0 Å². The number of hydrogen-bond donors (Lipinski definition) is 1. The predicted octanol–water partition coefficient (Wildman–Crippen LogP) is 1.31. The molecule has 1 rings (SSSR count). The molecule has 0 aliphatic heterocycles. The normalized spacial score (nSPS) is 11.5. The van der Waals surface area contributed by atoms with E-state index in [2.05, 4.69) is 5.32 Å². The van der Waals surface area contributed by atoms with Gasteiger partial charge in [0.15, 0.2) is 0 Å². The molecule has 0 unspecified atom stereocenters. The van der Waals surface area contributed by atoms with E-state index in [1.807, 2.05) is 7.05 Å². The third-order valence-corrected chi connectivity index (χ3v) is 4.16. The summed E-state index contributed by atoms with van der Waals surface area (Å²) in [6.45, 7) is 0.732. The van der Waals surface area contributed by atoms with Gasteiger partial charge in [-0.15, -0.1) is 0 Å². The van der Waals surface area contributed by atoms with Gasteiger partial charge < -0.3 is 0 Å². The fraction of sp³-hybridized carbons (Fsp3) is 0.500. The van der Waals surface area contributed by atoms with Gasteiger partial charge in [-0.3, -0.25) is 0 Å². The summed E-state index contributed by atoms with van der Waals surface area (Å²) in [4.78, 5) is 0. The quantitative estimate of drug-likeness (QED) is 0.791. The molecule has 0 spiro atoms. The average Bonchev–Trinajstić information content (AvgIpc) is 2.35. The van der Waals surface area contributed by atoms with Crippen LogP contribution in [0.3, 0.4) is 0 Å². The first kappa shape index (κ1) is 16.1. The Hall–Kier alpha value is -0.911. The standard InChI is InChI=1S/C12H16F3NO2Se/c1-16-5-4-8-6-9(17-2)11(10(7-8)18-3)19-12(13,14)15/h6-7,16H,4-5H2,1-3H3. The first-order valence-corrected chi connectivity index (χ1v) is 7.27. The van der Waals surface area contributed by atoms with Crippen LogP contribution in [0.1, 0.15) is 5.56 Å². The van der Waals surface area contributed by atoms with E-state index >= 15 is 0 Å². The molecule has 19 heavy (non-hydrogen) atoms. The van der Waals surface area contributed by atoms with Crippen molar-refractivity contribution < 1.29 is 22.6 Å². The first-order chi connectivity index (χ1) is 8.91. The van der Waals surface area contributed by atoms with Crippen molar-refractivity contribution in [3.63, 3.8) is 0 Å². The third kappa shape index (κ3) is 4.93. The van der Waals surface area contributed by atoms with Crippen LogP contribution in [0.5, 0.6) is 11.5 Å². The van der Waals surface area contributed by atoms with Crippen molar-refractivity contribution in [3.05, 3.63) is 17.7 Å². The number of halogens is 3. The summed E-state index contributed by atoms with van der Waals surface area (Å²) in [5.74, 6) is 0.477. The van der Waals surface area contributed by atoms with Gasteiger partial charge >= 0.3 is 116 Å². The summed E-state index contributed by atoms with van der Waals surface area (Å²) in [6, 6.07) is 3.28. The Kier molecular flexibility index (Phi) is 5.97. The zero-order chi connectivity index (χ0) is 14.5. The number of alkyl halides is 3. The zero-order valence-corrected chi connectivity index (χ0v) is 12.6. The molecular formula is C12H16F3NO2Se. The van der Waals surface area contributed by atoms with Crippen molar-refractivity contribution in [1.82, 2.24) is 5.32 Å². The topological polar surface area (TPSA) is 30.5 Å². The number of likely N-dealkylation sites (N-methyl/N-ethyl adjacent to an activating group) is 1. The Bertz CT molecular complexity index is 399. The van der Waals surface area contributed by atoms with Crippen LogP contribution in [-0.2, 0) is 6.42 Å². The van der Waals surface area contributed by atoms with E-state index in [1.165, 1.54) is 14.2 Å². The number of rotatable bonds is 6. The van der Waals surface area contributed by atoms with E-state index in [9.17, 15) is 13.2 Å². The third-order valence-electron chi connectivity index (χ3n) is 2.40. The van der Waals surface area contributed by atoms with Crippen molar-refractivity contribution in [1.29, 1.82) is 0 Å². The van der Waals surface area contributed by atoms with E-state index in [0.29, 0.717) is 6.42 Å². The molecule has 0 bridgehead atoms. The summed E-state index contributed by atoms with van der Waals surface area (Å²) in [6.07, 6.45) is 0.697. The van der Waals surface area contributed by atoms with Crippen LogP contribution in [0, 0.1) is 0 Å². The minimum atomic E-state index is -4.24. The number of nitrogens with one attached hydrogen (secondary N) is 1. The fourth-order valence-electron chi connectivity index (χ4n) is 1.56. The van der Waals surface area contributed by atoms with Gasteiger partial charge in [0.25, 0.3) is 0 Å². The van der Waals surface area contributed by atoms with Gasteiger partial charge in [0, 0.05) is 0 Å². The second kappa shape index (κ2) is 7.03. The molecule has 1 N–H and O–H groups in total. The molecule has 0 fully saturated rings. The number of benzene rings is 1. The molecular weight excluding hydrogens is 326 g/mol. The van der Waals surface area contributed by atoms with Crippen LogP contribution in [0.15, 0.2) is 12.1 Å². The van der Waals surface area contributed by atoms with Gasteiger partial charge in [0.2, 0.25) is 0 Å². The van der Waals surface area contributed by atoms with Gasteiger partial charge in [-0.1, -0.05) is 0 Å².